The van der Waals surface area contributed by atoms with Crippen LogP contribution in [0.5, 0.6) is 0 Å². The molecule has 29 heavy (non-hydrogen) atoms. The Hall–Kier alpha value is -4.27. The number of nitro benzene ring substituents is 1. The molecule has 4 rings (SSSR count). The van der Waals surface area contributed by atoms with Gasteiger partial charge in [-0.15, -0.1) is 0 Å². The van der Waals surface area contributed by atoms with E-state index in [1.165, 1.54) is 29.2 Å². The Morgan fingerprint density at radius 1 is 1.17 bits per heavy atom. The van der Waals surface area contributed by atoms with Crippen molar-refractivity contribution in [3.05, 3.63) is 101 Å². The topological polar surface area (TPSA) is 108 Å². The lowest BCUT2D eigenvalue weighted by Gasteiger charge is -2.07. The Bertz CT molecular complexity index is 1150. The second-order valence-electron chi connectivity index (χ2n) is 6.24. The molecule has 0 bridgehead atoms. The minimum atomic E-state index is -0.518. The standard InChI is InChI=1S/C20H16N6O3/c27-20(22-11-15-12-23-25(13-15)17-4-2-1-3-5-17)16-6-7-18(19(10-16)26(28)29)24-9-8-21-14-24/h1-10,12-14H,11H2,(H,22,27). The van der Waals surface area contributed by atoms with Crippen molar-refractivity contribution in [2.75, 3.05) is 0 Å². The van der Waals surface area contributed by atoms with E-state index in [4.69, 9.17) is 0 Å². The highest BCUT2D eigenvalue weighted by Crippen LogP contribution is 2.24. The summed E-state index contributed by atoms with van der Waals surface area (Å²) in [5.74, 6) is -0.405. The Labute approximate surface area is 165 Å². The van der Waals surface area contributed by atoms with Crippen LogP contribution in [0.15, 0.2) is 79.6 Å². The maximum Gasteiger partial charge on any atom is 0.294 e. The zero-order chi connectivity index (χ0) is 20.2. The largest absolute Gasteiger partial charge is 0.348 e. The van der Waals surface area contributed by atoms with Gasteiger partial charge in [0.2, 0.25) is 0 Å². The van der Waals surface area contributed by atoms with Gasteiger partial charge in [-0.2, -0.15) is 5.10 Å². The van der Waals surface area contributed by atoms with Crippen LogP contribution in [-0.2, 0) is 6.54 Å². The first-order chi connectivity index (χ1) is 14.1. The number of amides is 1. The molecule has 0 fully saturated rings. The summed E-state index contributed by atoms with van der Waals surface area (Å²) in [5.41, 5.74) is 2.10. The van der Waals surface area contributed by atoms with Crippen LogP contribution in [0.1, 0.15) is 15.9 Å². The van der Waals surface area contributed by atoms with Crippen molar-refractivity contribution >= 4 is 11.6 Å². The number of para-hydroxylation sites is 1. The highest BCUT2D eigenvalue weighted by atomic mass is 16.6. The number of imidazole rings is 1. The molecule has 4 aromatic rings. The van der Waals surface area contributed by atoms with Gasteiger partial charge in [-0.05, 0) is 24.3 Å². The SMILES string of the molecule is O=C(NCc1cnn(-c2ccccc2)c1)c1ccc(-n2ccnc2)c([N+](=O)[O-])c1. The molecular formula is C20H16N6O3. The first kappa shape index (κ1) is 18.1. The number of hydrogen-bond donors (Lipinski definition) is 1. The third-order valence-electron chi connectivity index (χ3n) is 4.33. The molecule has 0 unspecified atom stereocenters. The molecule has 1 amide bonds. The highest BCUT2D eigenvalue weighted by molar-refractivity contribution is 5.95. The van der Waals surface area contributed by atoms with Crippen molar-refractivity contribution < 1.29 is 9.72 Å². The minimum absolute atomic E-state index is 0.174. The first-order valence-corrected chi connectivity index (χ1v) is 8.76. The summed E-state index contributed by atoms with van der Waals surface area (Å²) in [5, 5.41) is 18.5. The summed E-state index contributed by atoms with van der Waals surface area (Å²) < 4.78 is 3.24. The average Bonchev–Trinajstić information content (AvgIpc) is 3.44. The molecule has 0 aliphatic rings. The molecule has 0 aliphatic heterocycles. The van der Waals surface area contributed by atoms with Crippen molar-refractivity contribution in [3.63, 3.8) is 0 Å². The van der Waals surface area contributed by atoms with E-state index in [9.17, 15) is 14.9 Å². The molecule has 2 aromatic heterocycles. The van der Waals surface area contributed by atoms with Gasteiger partial charge in [0.15, 0.2) is 0 Å². The van der Waals surface area contributed by atoms with Crippen LogP contribution in [0, 0.1) is 10.1 Å². The predicted molar refractivity (Wildman–Crippen MR) is 105 cm³/mol. The van der Waals surface area contributed by atoms with Crippen molar-refractivity contribution in [2.45, 2.75) is 6.54 Å². The van der Waals surface area contributed by atoms with Crippen LogP contribution in [0.2, 0.25) is 0 Å². The van der Waals surface area contributed by atoms with E-state index in [0.717, 1.165) is 11.3 Å². The highest BCUT2D eigenvalue weighted by Gasteiger charge is 2.18. The Morgan fingerprint density at radius 3 is 2.72 bits per heavy atom. The van der Waals surface area contributed by atoms with E-state index in [1.54, 1.807) is 23.1 Å². The van der Waals surface area contributed by atoms with Crippen LogP contribution in [0.3, 0.4) is 0 Å². The second-order valence-corrected chi connectivity index (χ2v) is 6.24. The van der Waals surface area contributed by atoms with Gasteiger partial charge in [0.05, 0.1) is 23.1 Å². The molecule has 144 valence electrons. The van der Waals surface area contributed by atoms with Gasteiger partial charge in [-0.3, -0.25) is 14.9 Å². The Kier molecular flexibility index (Phi) is 4.85. The summed E-state index contributed by atoms with van der Waals surface area (Å²) in [4.78, 5) is 27.3. The van der Waals surface area contributed by atoms with E-state index in [1.807, 2.05) is 36.5 Å². The summed E-state index contributed by atoms with van der Waals surface area (Å²) in [6.07, 6.45) is 8.08. The number of rotatable bonds is 6. The molecule has 0 spiro atoms. The van der Waals surface area contributed by atoms with E-state index >= 15 is 0 Å². The van der Waals surface area contributed by atoms with Crippen LogP contribution >= 0.6 is 0 Å². The van der Waals surface area contributed by atoms with Gasteiger partial charge in [0, 0.05) is 42.3 Å². The van der Waals surface area contributed by atoms with Crippen molar-refractivity contribution in [3.8, 4) is 11.4 Å². The number of carbonyl (C=O) groups excluding carboxylic acids is 1. The molecule has 0 radical (unpaired) electrons. The van der Waals surface area contributed by atoms with Gasteiger partial charge in [0.25, 0.3) is 11.6 Å². The maximum absolute atomic E-state index is 12.5. The van der Waals surface area contributed by atoms with Gasteiger partial charge >= 0.3 is 0 Å². The van der Waals surface area contributed by atoms with E-state index in [2.05, 4.69) is 15.4 Å². The van der Waals surface area contributed by atoms with Crippen molar-refractivity contribution in [1.29, 1.82) is 0 Å². The van der Waals surface area contributed by atoms with Crippen LogP contribution < -0.4 is 5.32 Å². The molecule has 1 N–H and O–H groups in total. The zero-order valence-electron chi connectivity index (χ0n) is 15.2. The number of benzene rings is 2. The average molecular weight is 388 g/mol. The summed E-state index contributed by atoms with van der Waals surface area (Å²) in [6, 6.07) is 13.9. The van der Waals surface area contributed by atoms with Gasteiger partial charge in [-0.1, -0.05) is 18.2 Å². The third-order valence-corrected chi connectivity index (χ3v) is 4.33. The number of aromatic nitrogens is 4. The summed E-state index contributed by atoms with van der Waals surface area (Å²) >= 11 is 0. The van der Waals surface area contributed by atoms with Crippen LogP contribution in [-0.4, -0.2) is 30.2 Å². The normalized spacial score (nSPS) is 10.6. The number of nitrogens with one attached hydrogen (secondary N) is 1. The lowest BCUT2D eigenvalue weighted by atomic mass is 10.1. The van der Waals surface area contributed by atoms with Gasteiger partial charge in [0.1, 0.15) is 5.69 Å². The van der Waals surface area contributed by atoms with Crippen LogP contribution in [0.4, 0.5) is 5.69 Å². The summed E-state index contributed by atoms with van der Waals surface area (Å²) in [7, 11) is 0. The van der Waals surface area contributed by atoms with Crippen LogP contribution in [0.25, 0.3) is 11.4 Å². The number of nitro groups is 1. The Balaban J connectivity index is 1.48. The first-order valence-electron chi connectivity index (χ1n) is 8.76. The molecule has 9 nitrogen and oxygen atoms in total. The van der Waals surface area contributed by atoms with E-state index < -0.39 is 10.8 Å². The monoisotopic (exact) mass is 388 g/mol. The molecule has 0 atom stereocenters. The molecule has 2 heterocycles. The van der Waals surface area contributed by atoms with Gasteiger partial charge in [-0.25, -0.2) is 9.67 Å². The van der Waals surface area contributed by atoms with Crippen molar-refractivity contribution in [1.82, 2.24) is 24.6 Å². The number of nitrogens with zero attached hydrogens (tertiary/aromatic N) is 5. The maximum atomic E-state index is 12.5. The lowest BCUT2D eigenvalue weighted by Crippen LogP contribution is -2.22. The lowest BCUT2D eigenvalue weighted by molar-refractivity contribution is -0.384. The third kappa shape index (κ3) is 3.88. The zero-order valence-corrected chi connectivity index (χ0v) is 15.2. The van der Waals surface area contributed by atoms with Gasteiger partial charge < -0.3 is 9.88 Å². The fraction of sp³-hybridized carbons (Fsp3) is 0.0500. The molecule has 0 saturated carbocycles. The molecule has 0 saturated heterocycles. The van der Waals surface area contributed by atoms with E-state index in [-0.39, 0.29) is 17.8 Å². The fourth-order valence-electron chi connectivity index (χ4n) is 2.89. The smallest absolute Gasteiger partial charge is 0.294 e. The number of carbonyl (C=O) groups is 1. The Morgan fingerprint density at radius 2 is 2.00 bits per heavy atom. The predicted octanol–water partition coefficient (Wildman–Crippen LogP) is 2.90. The molecule has 9 heteroatoms. The van der Waals surface area contributed by atoms with Crippen molar-refractivity contribution in [2.24, 2.45) is 0 Å². The quantitative estimate of drug-likeness (QED) is 0.404. The fourth-order valence-corrected chi connectivity index (χ4v) is 2.89. The second kappa shape index (κ2) is 7.77. The number of hydrogen-bond acceptors (Lipinski definition) is 5. The molecule has 0 aliphatic carbocycles. The molecular weight excluding hydrogens is 372 g/mol. The minimum Gasteiger partial charge on any atom is -0.348 e. The van der Waals surface area contributed by atoms with E-state index in [0.29, 0.717) is 5.69 Å². The summed E-state index contributed by atoms with van der Waals surface area (Å²) in [6.45, 7) is 0.253. The molecule has 2 aromatic carbocycles.